The molecule has 7 nitrogen and oxygen atoms in total. The molecule has 0 aliphatic rings. The lowest BCUT2D eigenvalue weighted by molar-refractivity contribution is -0.384. The monoisotopic (exact) mass is 291 g/mol. The van der Waals surface area contributed by atoms with E-state index in [2.05, 4.69) is 0 Å². The minimum Gasteiger partial charge on any atom is -0.465 e. The van der Waals surface area contributed by atoms with Gasteiger partial charge in [0.1, 0.15) is 12.2 Å². The molecule has 0 saturated carbocycles. The summed E-state index contributed by atoms with van der Waals surface area (Å²) in [5.74, 6) is -0.454. The minimum absolute atomic E-state index is 0.0851. The number of hydrogen-bond donors (Lipinski definition) is 0. The summed E-state index contributed by atoms with van der Waals surface area (Å²) in [4.78, 5) is 23.9. The molecule has 0 aromatic heterocycles. The fraction of sp³-hybridized carbons (Fsp3) is 0.429. The molecule has 0 bridgehead atoms. The van der Waals surface area contributed by atoms with Crippen LogP contribution in [0.5, 0.6) is 0 Å². The van der Waals surface area contributed by atoms with Crippen LogP contribution in [0.25, 0.3) is 0 Å². The van der Waals surface area contributed by atoms with Crippen LogP contribution in [0.4, 0.5) is 11.4 Å². The number of esters is 1. The Hall–Kier alpha value is -2.62. The highest BCUT2D eigenvalue weighted by Gasteiger charge is 2.24. The van der Waals surface area contributed by atoms with Crippen LogP contribution in [0.2, 0.25) is 0 Å². The number of hydrogen-bond acceptors (Lipinski definition) is 6. The number of nitriles is 1. The predicted octanol–water partition coefficient (Wildman–Crippen LogP) is 2.24. The fourth-order valence-electron chi connectivity index (χ4n) is 1.87. The summed E-state index contributed by atoms with van der Waals surface area (Å²) in [7, 11) is 0. The first-order valence-corrected chi connectivity index (χ1v) is 6.51. The van der Waals surface area contributed by atoms with E-state index in [-0.39, 0.29) is 30.4 Å². The van der Waals surface area contributed by atoms with Crippen LogP contribution >= 0.6 is 0 Å². The number of nitro benzene ring substituents is 1. The molecule has 0 saturated heterocycles. The molecule has 0 spiro atoms. The van der Waals surface area contributed by atoms with Crippen LogP contribution in [-0.4, -0.2) is 30.1 Å². The Morgan fingerprint density at radius 2 is 2.19 bits per heavy atom. The summed E-state index contributed by atoms with van der Waals surface area (Å²) in [5, 5.41) is 20.0. The summed E-state index contributed by atoms with van der Waals surface area (Å²) < 4.78 is 4.89. The molecule has 0 radical (unpaired) electrons. The number of ether oxygens (including phenoxy) is 1. The van der Waals surface area contributed by atoms with Crippen LogP contribution in [0.3, 0.4) is 0 Å². The lowest BCUT2D eigenvalue weighted by Gasteiger charge is -2.27. The summed E-state index contributed by atoms with van der Waals surface area (Å²) in [6.45, 7) is 5.50. The van der Waals surface area contributed by atoms with Gasteiger partial charge < -0.3 is 9.64 Å². The van der Waals surface area contributed by atoms with Crippen LogP contribution < -0.4 is 4.90 Å². The van der Waals surface area contributed by atoms with Gasteiger partial charge >= 0.3 is 5.97 Å². The third kappa shape index (κ3) is 4.18. The maximum Gasteiger partial charge on any atom is 0.325 e. The summed E-state index contributed by atoms with van der Waals surface area (Å²) >= 11 is 0. The molecule has 0 fully saturated rings. The van der Waals surface area contributed by atoms with Gasteiger partial charge in [-0.3, -0.25) is 14.9 Å². The highest BCUT2D eigenvalue weighted by atomic mass is 16.6. The Morgan fingerprint density at radius 1 is 1.52 bits per heavy atom. The molecule has 1 rings (SSSR count). The van der Waals surface area contributed by atoms with Gasteiger partial charge in [0.05, 0.1) is 23.2 Å². The molecule has 0 aliphatic carbocycles. The zero-order valence-corrected chi connectivity index (χ0v) is 12.2. The van der Waals surface area contributed by atoms with Gasteiger partial charge in [-0.05, 0) is 32.9 Å². The molecule has 1 aromatic carbocycles. The van der Waals surface area contributed by atoms with E-state index in [1.807, 2.05) is 19.9 Å². The minimum atomic E-state index is -0.559. The quantitative estimate of drug-likeness (QED) is 0.453. The van der Waals surface area contributed by atoms with Gasteiger partial charge in [-0.1, -0.05) is 0 Å². The maximum atomic E-state index is 11.6. The summed E-state index contributed by atoms with van der Waals surface area (Å²) in [6.07, 6.45) is 0. The third-order valence-corrected chi connectivity index (χ3v) is 2.84. The van der Waals surface area contributed by atoms with E-state index < -0.39 is 10.9 Å². The number of rotatable bonds is 6. The average molecular weight is 291 g/mol. The Balaban J connectivity index is 3.22. The largest absolute Gasteiger partial charge is 0.465 e. The van der Waals surface area contributed by atoms with Crippen molar-refractivity contribution >= 4 is 17.3 Å². The highest BCUT2D eigenvalue weighted by molar-refractivity contribution is 5.78. The zero-order chi connectivity index (χ0) is 16.0. The number of nitrogens with zero attached hydrogens (tertiary/aromatic N) is 3. The predicted molar refractivity (Wildman–Crippen MR) is 76.9 cm³/mol. The van der Waals surface area contributed by atoms with Crippen molar-refractivity contribution in [2.45, 2.75) is 26.8 Å². The average Bonchev–Trinajstić information content (AvgIpc) is 2.44. The first-order valence-electron chi connectivity index (χ1n) is 6.51. The van der Waals surface area contributed by atoms with Crippen LogP contribution in [0.15, 0.2) is 18.2 Å². The summed E-state index contributed by atoms with van der Waals surface area (Å²) in [5.41, 5.74) is 0.291. The van der Waals surface area contributed by atoms with Crippen molar-refractivity contribution in [1.82, 2.24) is 0 Å². The van der Waals surface area contributed by atoms with Crippen LogP contribution in [0, 0.1) is 21.4 Å². The SMILES string of the molecule is CCOC(=O)CN(c1ccc(C#N)cc1[N+](=O)[O-])C(C)C. The lowest BCUT2D eigenvalue weighted by Crippen LogP contribution is -2.37. The fourth-order valence-corrected chi connectivity index (χ4v) is 1.87. The van der Waals surface area contributed by atoms with Gasteiger partial charge in [0.25, 0.3) is 5.69 Å². The van der Waals surface area contributed by atoms with Gasteiger partial charge in [0.2, 0.25) is 0 Å². The van der Waals surface area contributed by atoms with Crippen molar-refractivity contribution in [3.05, 3.63) is 33.9 Å². The van der Waals surface area contributed by atoms with Gasteiger partial charge in [0.15, 0.2) is 0 Å². The molecule has 112 valence electrons. The first kappa shape index (κ1) is 16.4. The second kappa shape index (κ2) is 7.24. The first-order chi connectivity index (χ1) is 9.90. The Kier molecular flexibility index (Phi) is 5.67. The van der Waals surface area contributed by atoms with E-state index in [4.69, 9.17) is 10.00 Å². The van der Waals surface area contributed by atoms with Crippen molar-refractivity contribution in [3.8, 4) is 6.07 Å². The number of anilines is 1. The van der Waals surface area contributed by atoms with Crippen molar-refractivity contribution < 1.29 is 14.5 Å². The van der Waals surface area contributed by atoms with Gasteiger partial charge in [-0.2, -0.15) is 5.26 Å². The van der Waals surface area contributed by atoms with E-state index in [0.29, 0.717) is 5.69 Å². The van der Waals surface area contributed by atoms with Gasteiger partial charge in [-0.15, -0.1) is 0 Å². The van der Waals surface area contributed by atoms with Crippen molar-refractivity contribution in [2.75, 3.05) is 18.1 Å². The number of carbonyl (C=O) groups excluding carboxylic acids is 1. The molecule has 0 aliphatic heterocycles. The molecule has 0 heterocycles. The topological polar surface area (TPSA) is 96.5 Å². The van der Waals surface area contributed by atoms with Crippen LogP contribution in [-0.2, 0) is 9.53 Å². The normalized spacial score (nSPS) is 10.0. The molecule has 7 heteroatoms. The van der Waals surface area contributed by atoms with Crippen molar-refractivity contribution in [2.24, 2.45) is 0 Å². The van der Waals surface area contributed by atoms with E-state index in [1.165, 1.54) is 18.2 Å². The molecule has 0 N–H and O–H groups in total. The molecular formula is C14H17N3O4. The molecule has 0 amide bonds. The van der Waals surface area contributed by atoms with E-state index in [0.717, 1.165) is 0 Å². The van der Waals surface area contributed by atoms with Crippen molar-refractivity contribution in [3.63, 3.8) is 0 Å². The Labute approximate surface area is 122 Å². The molecular weight excluding hydrogens is 274 g/mol. The summed E-state index contributed by atoms with van der Waals surface area (Å²) in [6, 6.07) is 5.90. The van der Waals surface area contributed by atoms with Crippen LogP contribution in [0.1, 0.15) is 26.3 Å². The van der Waals surface area contributed by atoms with Gasteiger partial charge in [0, 0.05) is 12.1 Å². The Bertz CT molecular complexity index is 578. The van der Waals surface area contributed by atoms with E-state index in [9.17, 15) is 14.9 Å². The standard InChI is InChI=1S/C14H17N3O4/c1-4-21-14(18)9-16(10(2)3)12-6-5-11(8-15)7-13(12)17(19)20/h5-7,10H,4,9H2,1-3H3. The zero-order valence-electron chi connectivity index (χ0n) is 12.2. The maximum absolute atomic E-state index is 11.6. The number of carbonyl (C=O) groups is 1. The molecule has 21 heavy (non-hydrogen) atoms. The second-order valence-corrected chi connectivity index (χ2v) is 4.60. The molecule has 0 atom stereocenters. The molecule has 0 unspecified atom stereocenters. The smallest absolute Gasteiger partial charge is 0.325 e. The van der Waals surface area contributed by atoms with E-state index in [1.54, 1.807) is 11.8 Å². The van der Waals surface area contributed by atoms with Gasteiger partial charge in [-0.25, -0.2) is 0 Å². The molecule has 1 aromatic rings. The second-order valence-electron chi connectivity index (χ2n) is 4.60. The Morgan fingerprint density at radius 3 is 2.67 bits per heavy atom. The number of nitro groups is 1. The highest BCUT2D eigenvalue weighted by Crippen LogP contribution is 2.30. The van der Waals surface area contributed by atoms with Crippen molar-refractivity contribution in [1.29, 1.82) is 5.26 Å². The lowest BCUT2D eigenvalue weighted by atomic mass is 10.1. The third-order valence-electron chi connectivity index (χ3n) is 2.84. The number of benzene rings is 1. The van der Waals surface area contributed by atoms with E-state index >= 15 is 0 Å².